The molecule has 102 valence electrons. The highest BCUT2D eigenvalue weighted by Gasteiger charge is 2.14. The van der Waals surface area contributed by atoms with Crippen molar-refractivity contribution in [2.45, 2.75) is 40.5 Å². The zero-order valence-electron chi connectivity index (χ0n) is 12.0. The Hall–Kier alpha value is -1.38. The molecule has 0 aromatic heterocycles. The van der Waals surface area contributed by atoms with E-state index in [1.807, 2.05) is 18.2 Å². The van der Waals surface area contributed by atoms with Gasteiger partial charge in [0.05, 0.1) is 6.61 Å². The molecule has 1 aromatic carbocycles. The molecule has 3 nitrogen and oxygen atoms in total. The summed E-state index contributed by atoms with van der Waals surface area (Å²) in [5.41, 5.74) is 7.94. The number of nitrogens with one attached hydrogen (secondary N) is 1. The van der Waals surface area contributed by atoms with E-state index in [9.17, 15) is 0 Å². The summed E-state index contributed by atoms with van der Waals surface area (Å²) < 4.78 is 5.61. The van der Waals surface area contributed by atoms with Crippen LogP contribution in [-0.2, 0) is 0 Å². The van der Waals surface area contributed by atoms with Crippen molar-refractivity contribution in [3.8, 4) is 5.75 Å². The quantitative estimate of drug-likeness (QED) is 0.721. The maximum absolute atomic E-state index is 5.88. The zero-order chi connectivity index (χ0) is 13.6. The monoisotopic (exact) mass is 250 g/mol. The Kier molecular flexibility index (Phi) is 5.32. The second-order valence-corrected chi connectivity index (χ2v) is 5.51. The molecular weight excluding hydrogens is 224 g/mol. The maximum Gasteiger partial charge on any atom is 0.123 e. The summed E-state index contributed by atoms with van der Waals surface area (Å²) >= 11 is 0. The third kappa shape index (κ3) is 4.86. The summed E-state index contributed by atoms with van der Waals surface area (Å²) in [5, 5.41) is 3.43. The summed E-state index contributed by atoms with van der Waals surface area (Å²) in [6, 6.07) is 5.83. The van der Waals surface area contributed by atoms with E-state index in [1.165, 1.54) is 0 Å². The van der Waals surface area contributed by atoms with Crippen LogP contribution in [0.15, 0.2) is 18.2 Å². The minimum Gasteiger partial charge on any atom is -0.493 e. The highest BCUT2D eigenvalue weighted by atomic mass is 16.5. The molecule has 0 aliphatic rings. The molecule has 0 aliphatic heterocycles. The first-order chi connectivity index (χ1) is 8.46. The number of nitrogens with two attached hydrogens (primary N) is 1. The van der Waals surface area contributed by atoms with Gasteiger partial charge in [0, 0.05) is 30.1 Å². The van der Waals surface area contributed by atoms with E-state index in [2.05, 4.69) is 33.0 Å². The number of rotatable bonds is 7. The van der Waals surface area contributed by atoms with Crippen molar-refractivity contribution in [2.75, 3.05) is 24.2 Å². The fourth-order valence-electron chi connectivity index (χ4n) is 1.49. The zero-order valence-corrected chi connectivity index (χ0v) is 12.0. The normalized spacial score (nSPS) is 11.3. The molecule has 3 heteroatoms. The number of ether oxygens (including phenoxy) is 1. The van der Waals surface area contributed by atoms with Crippen LogP contribution in [-0.4, -0.2) is 13.2 Å². The largest absolute Gasteiger partial charge is 0.493 e. The van der Waals surface area contributed by atoms with E-state index in [4.69, 9.17) is 10.5 Å². The second-order valence-electron chi connectivity index (χ2n) is 5.51. The van der Waals surface area contributed by atoms with Crippen LogP contribution in [0.4, 0.5) is 11.4 Å². The Bertz CT molecular complexity index is 375. The molecule has 1 aromatic rings. The lowest BCUT2D eigenvalue weighted by molar-refractivity contribution is 0.317. The van der Waals surface area contributed by atoms with Gasteiger partial charge in [-0.1, -0.05) is 27.7 Å². The topological polar surface area (TPSA) is 47.3 Å². The molecule has 0 spiro atoms. The van der Waals surface area contributed by atoms with Crippen LogP contribution in [0.1, 0.15) is 40.5 Å². The minimum atomic E-state index is 0.287. The smallest absolute Gasteiger partial charge is 0.123 e. The SMILES string of the molecule is CCCOc1cc(N)cc(NCC(C)(C)CC)c1. The van der Waals surface area contributed by atoms with E-state index < -0.39 is 0 Å². The lowest BCUT2D eigenvalue weighted by Gasteiger charge is -2.24. The van der Waals surface area contributed by atoms with Gasteiger partial charge in [0.1, 0.15) is 5.75 Å². The minimum absolute atomic E-state index is 0.287. The van der Waals surface area contributed by atoms with Gasteiger partial charge in [-0.3, -0.25) is 0 Å². The first-order valence-corrected chi connectivity index (χ1v) is 6.74. The number of nitrogen functional groups attached to an aromatic ring is 1. The summed E-state index contributed by atoms with van der Waals surface area (Å²) in [5.74, 6) is 0.841. The molecule has 0 amide bonds. The predicted octanol–water partition coefficient (Wildman–Crippen LogP) is 3.91. The van der Waals surface area contributed by atoms with Crippen LogP contribution in [0.5, 0.6) is 5.75 Å². The third-order valence-electron chi connectivity index (χ3n) is 3.13. The van der Waals surface area contributed by atoms with Crippen molar-refractivity contribution in [1.82, 2.24) is 0 Å². The molecule has 18 heavy (non-hydrogen) atoms. The highest BCUT2D eigenvalue weighted by Crippen LogP contribution is 2.25. The Morgan fingerprint density at radius 3 is 2.56 bits per heavy atom. The molecule has 0 heterocycles. The molecule has 0 fully saturated rings. The molecule has 0 saturated heterocycles. The van der Waals surface area contributed by atoms with Crippen molar-refractivity contribution in [3.05, 3.63) is 18.2 Å². The van der Waals surface area contributed by atoms with Gasteiger partial charge >= 0.3 is 0 Å². The van der Waals surface area contributed by atoms with E-state index in [1.54, 1.807) is 0 Å². The maximum atomic E-state index is 5.88. The molecule has 0 radical (unpaired) electrons. The second kappa shape index (κ2) is 6.53. The molecule has 1 rings (SSSR count). The van der Waals surface area contributed by atoms with E-state index in [0.717, 1.165) is 43.1 Å². The van der Waals surface area contributed by atoms with Gasteiger partial charge in [0.15, 0.2) is 0 Å². The van der Waals surface area contributed by atoms with Crippen molar-refractivity contribution in [1.29, 1.82) is 0 Å². The van der Waals surface area contributed by atoms with Crippen molar-refractivity contribution >= 4 is 11.4 Å². The lowest BCUT2D eigenvalue weighted by atomic mass is 9.90. The Balaban J connectivity index is 2.68. The van der Waals surface area contributed by atoms with Crippen LogP contribution >= 0.6 is 0 Å². The van der Waals surface area contributed by atoms with Crippen LogP contribution in [0.3, 0.4) is 0 Å². The van der Waals surface area contributed by atoms with Crippen molar-refractivity contribution in [3.63, 3.8) is 0 Å². The first-order valence-electron chi connectivity index (χ1n) is 6.74. The fourth-order valence-corrected chi connectivity index (χ4v) is 1.49. The lowest BCUT2D eigenvalue weighted by Crippen LogP contribution is -2.22. The molecule has 0 aliphatic carbocycles. The van der Waals surface area contributed by atoms with Crippen LogP contribution in [0, 0.1) is 5.41 Å². The van der Waals surface area contributed by atoms with Gasteiger partial charge in [0.25, 0.3) is 0 Å². The molecule has 0 bridgehead atoms. The van der Waals surface area contributed by atoms with Gasteiger partial charge in [-0.25, -0.2) is 0 Å². The molecule has 0 unspecified atom stereocenters. The third-order valence-corrected chi connectivity index (χ3v) is 3.13. The highest BCUT2D eigenvalue weighted by molar-refractivity contribution is 5.59. The van der Waals surface area contributed by atoms with E-state index >= 15 is 0 Å². The Labute approximate surface area is 111 Å². The van der Waals surface area contributed by atoms with E-state index in [-0.39, 0.29) is 5.41 Å². The molecule has 0 atom stereocenters. The molecule has 0 saturated carbocycles. The Morgan fingerprint density at radius 1 is 1.22 bits per heavy atom. The number of benzene rings is 1. The van der Waals surface area contributed by atoms with Gasteiger partial charge in [-0.15, -0.1) is 0 Å². The van der Waals surface area contributed by atoms with Gasteiger partial charge < -0.3 is 15.8 Å². The summed E-state index contributed by atoms with van der Waals surface area (Å²) in [4.78, 5) is 0. The molecule has 3 N–H and O–H groups in total. The van der Waals surface area contributed by atoms with Crippen molar-refractivity contribution in [2.24, 2.45) is 5.41 Å². The van der Waals surface area contributed by atoms with Crippen LogP contribution < -0.4 is 15.8 Å². The average Bonchev–Trinajstić information content (AvgIpc) is 2.33. The number of hydrogen-bond acceptors (Lipinski definition) is 3. The van der Waals surface area contributed by atoms with E-state index in [0.29, 0.717) is 0 Å². The van der Waals surface area contributed by atoms with Crippen LogP contribution in [0.2, 0.25) is 0 Å². The summed E-state index contributed by atoms with van der Waals surface area (Å²) in [7, 11) is 0. The predicted molar refractivity (Wildman–Crippen MR) is 79.2 cm³/mol. The van der Waals surface area contributed by atoms with Gasteiger partial charge in [-0.2, -0.15) is 0 Å². The van der Waals surface area contributed by atoms with Gasteiger partial charge in [0.2, 0.25) is 0 Å². The Morgan fingerprint density at radius 2 is 1.94 bits per heavy atom. The number of anilines is 2. The number of hydrogen-bond donors (Lipinski definition) is 2. The van der Waals surface area contributed by atoms with Crippen molar-refractivity contribution < 1.29 is 4.74 Å². The summed E-state index contributed by atoms with van der Waals surface area (Å²) in [6.07, 6.45) is 2.14. The average molecular weight is 250 g/mol. The first kappa shape index (κ1) is 14.7. The van der Waals surface area contributed by atoms with Gasteiger partial charge in [-0.05, 0) is 24.3 Å². The standard InChI is InChI=1S/C15H26N2O/c1-5-7-18-14-9-12(16)8-13(10-14)17-11-15(3,4)6-2/h8-10,17H,5-7,11,16H2,1-4H3. The van der Waals surface area contributed by atoms with Crippen LogP contribution in [0.25, 0.3) is 0 Å². The molecular formula is C15H26N2O. The fraction of sp³-hybridized carbons (Fsp3) is 0.600. The summed E-state index contributed by atoms with van der Waals surface area (Å²) in [6.45, 7) is 10.5.